The average Bonchev–Trinajstić information content (AvgIpc) is 3.15. The zero-order valence-corrected chi connectivity index (χ0v) is 9.83. The lowest BCUT2D eigenvalue weighted by Gasteiger charge is -2.31. The number of anilines is 1. The molecule has 0 heterocycles. The molecule has 3 N–H and O–H groups in total. The fraction of sp³-hybridized carbons (Fsp3) is 0.462. The van der Waals surface area contributed by atoms with Crippen molar-refractivity contribution in [2.75, 3.05) is 11.9 Å². The van der Waals surface area contributed by atoms with Gasteiger partial charge in [-0.05, 0) is 43.9 Å². The third kappa shape index (κ3) is 2.40. The molecule has 1 aromatic carbocycles. The van der Waals surface area contributed by atoms with Gasteiger partial charge in [-0.3, -0.25) is 0 Å². The Labute approximate surface area is 100 Å². The third-order valence-corrected chi connectivity index (χ3v) is 3.42. The van der Waals surface area contributed by atoms with Crippen LogP contribution in [0.15, 0.2) is 18.2 Å². The second kappa shape index (κ2) is 4.34. The smallest absolute Gasteiger partial charge is 0.124 e. The topological polar surface area (TPSA) is 61.8 Å². The van der Waals surface area contributed by atoms with E-state index in [1.54, 1.807) is 6.07 Å². The van der Waals surface area contributed by atoms with E-state index in [2.05, 4.69) is 12.2 Å². The number of benzene rings is 1. The summed E-state index contributed by atoms with van der Waals surface area (Å²) in [5.41, 5.74) is 6.58. The Balaban J connectivity index is 2.26. The molecular weight excluding hydrogens is 217 g/mol. The minimum Gasteiger partial charge on any atom is -0.377 e. The van der Waals surface area contributed by atoms with E-state index in [4.69, 9.17) is 11.0 Å². The zero-order valence-electron chi connectivity index (χ0n) is 9.83. The largest absolute Gasteiger partial charge is 0.377 e. The molecule has 0 spiro atoms. The van der Waals surface area contributed by atoms with Crippen LogP contribution in [0, 0.1) is 23.1 Å². The number of hydrogen-bond acceptors (Lipinski definition) is 3. The van der Waals surface area contributed by atoms with Crippen LogP contribution in [0.5, 0.6) is 0 Å². The van der Waals surface area contributed by atoms with E-state index in [9.17, 15) is 4.39 Å². The lowest BCUT2D eigenvalue weighted by molar-refractivity contribution is 0.459. The van der Waals surface area contributed by atoms with Crippen LogP contribution in [0.25, 0.3) is 0 Å². The van der Waals surface area contributed by atoms with Gasteiger partial charge in [0.15, 0.2) is 0 Å². The molecule has 0 saturated heterocycles. The van der Waals surface area contributed by atoms with Gasteiger partial charge in [-0.25, -0.2) is 4.39 Å². The summed E-state index contributed by atoms with van der Waals surface area (Å²) < 4.78 is 13.0. The molecule has 1 saturated carbocycles. The van der Waals surface area contributed by atoms with Crippen LogP contribution in [0.2, 0.25) is 0 Å². The molecule has 1 unspecified atom stereocenters. The van der Waals surface area contributed by atoms with E-state index < -0.39 is 5.82 Å². The molecule has 1 atom stereocenters. The van der Waals surface area contributed by atoms with E-state index >= 15 is 0 Å². The van der Waals surface area contributed by atoms with Gasteiger partial charge in [0.1, 0.15) is 11.9 Å². The van der Waals surface area contributed by atoms with Gasteiger partial charge in [0.2, 0.25) is 0 Å². The number of nitrogens with one attached hydrogen (secondary N) is 1. The quantitative estimate of drug-likeness (QED) is 0.838. The minimum absolute atomic E-state index is 0.205. The Bertz CT molecular complexity index is 462. The zero-order chi connectivity index (χ0) is 12.5. The Hall–Kier alpha value is -1.60. The van der Waals surface area contributed by atoms with Crippen LogP contribution in [0.1, 0.15) is 25.3 Å². The van der Waals surface area contributed by atoms with Gasteiger partial charge in [-0.1, -0.05) is 0 Å². The summed E-state index contributed by atoms with van der Waals surface area (Å²) >= 11 is 0. The van der Waals surface area contributed by atoms with E-state index in [0.717, 1.165) is 12.8 Å². The van der Waals surface area contributed by atoms with Crippen LogP contribution in [-0.2, 0) is 0 Å². The van der Waals surface area contributed by atoms with Crippen LogP contribution < -0.4 is 11.1 Å². The monoisotopic (exact) mass is 233 g/mol. The molecule has 17 heavy (non-hydrogen) atoms. The molecule has 0 amide bonds. The van der Waals surface area contributed by atoms with Crippen LogP contribution in [0.3, 0.4) is 0 Å². The van der Waals surface area contributed by atoms with Gasteiger partial charge in [-0.15, -0.1) is 0 Å². The fourth-order valence-corrected chi connectivity index (χ4v) is 2.07. The number of hydrogen-bond donors (Lipinski definition) is 2. The first kappa shape index (κ1) is 11.9. The van der Waals surface area contributed by atoms with Crippen LogP contribution >= 0.6 is 0 Å². The Kier molecular flexibility index (Phi) is 3.03. The van der Waals surface area contributed by atoms with Gasteiger partial charge in [-0.2, -0.15) is 5.26 Å². The Morgan fingerprint density at radius 2 is 2.29 bits per heavy atom. The fourth-order valence-electron chi connectivity index (χ4n) is 2.07. The van der Waals surface area contributed by atoms with Gasteiger partial charge in [0.25, 0.3) is 0 Å². The van der Waals surface area contributed by atoms with Crippen molar-refractivity contribution in [1.29, 1.82) is 5.26 Å². The number of rotatable bonds is 4. The summed E-state index contributed by atoms with van der Waals surface area (Å²) in [6.07, 6.45) is 2.31. The highest BCUT2D eigenvalue weighted by Crippen LogP contribution is 2.41. The number of nitriles is 1. The van der Waals surface area contributed by atoms with Crippen molar-refractivity contribution in [3.05, 3.63) is 29.6 Å². The second-order valence-electron chi connectivity index (χ2n) is 4.82. The van der Waals surface area contributed by atoms with Crippen molar-refractivity contribution in [2.24, 2.45) is 11.7 Å². The molecule has 4 heteroatoms. The van der Waals surface area contributed by atoms with Crippen LogP contribution in [0.4, 0.5) is 10.1 Å². The number of halogens is 1. The molecule has 0 radical (unpaired) electrons. The van der Waals surface area contributed by atoms with E-state index in [0.29, 0.717) is 23.7 Å². The lowest BCUT2D eigenvalue weighted by Crippen LogP contribution is -2.44. The van der Waals surface area contributed by atoms with Crippen molar-refractivity contribution in [3.63, 3.8) is 0 Å². The van der Waals surface area contributed by atoms with Gasteiger partial charge in [0, 0.05) is 12.1 Å². The normalized spacial score (nSPS) is 18.2. The van der Waals surface area contributed by atoms with Crippen LogP contribution in [-0.4, -0.2) is 12.1 Å². The summed E-state index contributed by atoms with van der Waals surface area (Å²) in [5.74, 6) is 0.150. The number of nitrogens with two attached hydrogens (primary N) is 1. The second-order valence-corrected chi connectivity index (χ2v) is 4.82. The maximum absolute atomic E-state index is 13.0. The highest BCUT2D eigenvalue weighted by molar-refractivity contribution is 5.59. The molecular formula is C13H16FN3. The third-order valence-electron chi connectivity index (χ3n) is 3.42. The molecule has 0 aliphatic heterocycles. The SMILES string of the molecule is CC(CN)(Nc1ccc(F)cc1C#N)C1CC1. The van der Waals surface area contributed by atoms with Gasteiger partial charge in [0.05, 0.1) is 11.3 Å². The lowest BCUT2D eigenvalue weighted by atomic mass is 9.95. The van der Waals surface area contributed by atoms with Crippen molar-refractivity contribution < 1.29 is 4.39 Å². The summed E-state index contributed by atoms with van der Waals surface area (Å²) in [6.45, 7) is 2.55. The predicted octanol–water partition coefficient (Wildman–Crippen LogP) is 2.24. The predicted molar refractivity (Wildman–Crippen MR) is 64.9 cm³/mol. The van der Waals surface area contributed by atoms with E-state index in [-0.39, 0.29) is 5.54 Å². The first-order valence-corrected chi connectivity index (χ1v) is 5.77. The molecule has 0 aromatic heterocycles. The molecule has 90 valence electrons. The highest BCUT2D eigenvalue weighted by atomic mass is 19.1. The van der Waals surface area contributed by atoms with Gasteiger partial charge >= 0.3 is 0 Å². The van der Waals surface area contributed by atoms with E-state index in [1.165, 1.54) is 12.1 Å². The summed E-state index contributed by atoms with van der Waals surface area (Å²) in [4.78, 5) is 0. The molecule has 1 fully saturated rings. The molecule has 1 aliphatic rings. The molecule has 0 bridgehead atoms. The van der Waals surface area contributed by atoms with Crippen molar-refractivity contribution >= 4 is 5.69 Å². The van der Waals surface area contributed by atoms with Crippen molar-refractivity contribution in [1.82, 2.24) is 0 Å². The molecule has 1 aromatic rings. The maximum atomic E-state index is 13.0. The maximum Gasteiger partial charge on any atom is 0.124 e. The highest BCUT2D eigenvalue weighted by Gasteiger charge is 2.40. The first-order valence-electron chi connectivity index (χ1n) is 5.77. The summed E-state index contributed by atoms with van der Waals surface area (Å²) in [7, 11) is 0. The standard InChI is InChI=1S/C13H16FN3/c1-13(8-16,10-2-3-10)17-12-5-4-11(14)6-9(12)7-15/h4-6,10,17H,2-3,8,16H2,1H3. The van der Waals surface area contributed by atoms with Gasteiger partial charge < -0.3 is 11.1 Å². The molecule has 3 nitrogen and oxygen atoms in total. The van der Waals surface area contributed by atoms with E-state index in [1.807, 2.05) is 6.07 Å². The van der Waals surface area contributed by atoms with Crippen molar-refractivity contribution in [3.8, 4) is 6.07 Å². The first-order chi connectivity index (χ1) is 8.09. The average molecular weight is 233 g/mol. The Morgan fingerprint density at radius 3 is 2.82 bits per heavy atom. The molecule has 2 rings (SSSR count). The minimum atomic E-state index is -0.395. The van der Waals surface area contributed by atoms with Crippen molar-refractivity contribution in [2.45, 2.75) is 25.3 Å². The summed E-state index contributed by atoms with van der Waals surface area (Å²) in [6, 6.07) is 6.20. The Morgan fingerprint density at radius 1 is 1.59 bits per heavy atom. The molecule has 1 aliphatic carbocycles. The number of nitrogens with zero attached hydrogens (tertiary/aromatic N) is 1. The summed E-state index contributed by atoms with van der Waals surface area (Å²) in [5, 5.41) is 12.3.